The Morgan fingerprint density at radius 1 is 1.38 bits per heavy atom. The fourth-order valence-corrected chi connectivity index (χ4v) is 1.13. The smallest absolute Gasteiger partial charge is 0.480 e. The Bertz CT molecular complexity index is 475. The Balaban J connectivity index is 0.000000486. The third kappa shape index (κ3) is 7.77. The van der Waals surface area contributed by atoms with Crippen molar-refractivity contribution < 1.29 is 33.0 Å². The third-order valence-electron chi connectivity index (χ3n) is 2.22. The van der Waals surface area contributed by atoms with Gasteiger partial charge in [0.2, 0.25) is 0 Å². The lowest BCUT2D eigenvalue weighted by Crippen LogP contribution is -2.30. The summed E-state index contributed by atoms with van der Waals surface area (Å²) in [5, 5.41) is 15.6. The molecule has 0 aliphatic rings. The maximum Gasteiger partial charge on any atom is 0.490 e. The standard InChI is InChI=1S/C8H14N4O2.C2HF3O2/c9-6(7(13)14)2-1-4-12-5-3-11-8(12)10;3-2(4,5)1(6)7/h3,5-6H,1-2,4,9H2,(H2,10,11)(H,13,14);(H,6,7)/t6-;/m0./s1. The van der Waals surface area contributed by atoms with Gasteiger partial charge in [-0.25, -0.2) is 9.78 Å². The maximum atomic E-state index is 10.6. The number of carboxylic acids is 2. The van der Waals surface area contributed by atoms with E-state index in [9.17, 15) is 18.0 Å². The van der Waals surface area contributed by atoms with Crippen LogP contribution in [-0.2, 0) is 16.1 Å². The van der Waals surface area contributed by atoms with E-state index in [1.165, 1.54) is 0 Å². The van der Waals surface area contributed by atoms with Gasteiger partial charge in [-0.1, -0.05) is 0 Å². The fraction of sp³-hybridized carbons (Fsp3) is 0.500. The van der Waals surface area contributed by atoms with E-state index < -0.39 is 24.2 Å². The Kier molecular flexibility index (Phi) is 7.21. The summed E-state index contributed by atoms with van der Waals surface area (Å²) >= 11 is 0. The highest BCUT2D eigenvalue weighted by Crippen LogP contribution is 2.13. The number of anilines is 1. The lowest BCUT2D eigenvalue weighted by Gasteiger charge is -2.07. The monoisotopic (exact) mass is 312 g/mol. The fourth-order valence-electron chi connectivity index (χ4n) is 1.13. The number of hydrogen-bond donors (Lipinski definition) is 4. The van der Waals surface area contributed by atoms with Gasteiger partial charge in [-0.15, -0.1) is 0 Å². The molecule has 0 bridgehead atoms. The first-order chi connectivity index (χ1) is 9.55. The van der Waals surface area contributed by atoms with Gasteiger partial charge in [0, 0.05) is 18.9 Å². The average molecular weight is 312 g/mol. The highest BCUT2D eigenvalue weighted by molar-refractivity contribution is 5.73. The van der Waals surface area contributed by atoms with E-state index in [0.29, 0.717) is 25.3 Å². The Morgan fingerprint density at radius 2 is 1.90 bits per heavy atom. The van der Waals surface area contributed by atoms with Crippen LogP contribution < -0.4 is 11.5 Å². The summed E-state index contributed by atoms with van der Waals surface area (Å²) in [5.41, 5.74) is 10.9. The van der Waals surface area contributed by atoms with Gasteiger partial charge < -0.3 is 26.2 Å². The number of halogens is 3. The molecular formula is C10H15F3N4O4. The Labute approximate surface area is 117 Å². The second-order valence-corrected chi connectivity index (χ2v) is 3.87. The minimum absolute atomic E-state index is 0.437. The molecule has 1 rings (SSSR count). The summed E-state index contributed by atoms with van der Waals surface area (Å²) in [7, 11) is 0. The summed E-state index contributed by atoms with van der Waals surface area (Å²) in [6.07, 6.45) is -0.616. The molecule has 0 aliphatic heterocycles. The van der Waals surface area contributed by atoms with E-state index >= 15 is 0 Å². The maximum absolute atomic E-state index is 10.6. The van der Waals surface area contributed by atoms with Crippen LogP contribution in [0.25, 0.3) is 0 Å². The SMILES string of the molecule is Nc1nccn1CCC[C@H](N)C(=O)O.O=C(O)C(F)(F)F. The number of hydrogen-bond acceptors (Lipinski definition) is 5. The highest BCUT2D eigenvalue weighted by Gasteiger charge is 2.38. The minimum Gasteiger partial charge on any atom is -0.480 e. The summed E-state index contributed by atoms with van der Waals surface area (Å²) < 4.78 is 33.5. The second-order valence-electron chi connectivity index (χ2n) is 3.87. The molecule has 0 spiro atoms. The number of aryl methyl sites for hydroxylation is 1. The zero-order valence-corrected chi connectivity index (χ0v) is 10.7. The number of nitrogens with zero attached hydrogens (tertiary/aromatic N) is 2. The molecule has 21 heavy (non-hydrogen) atoms. The average Bonchev–Trinajstić information content (AvgIpc) is 2.74. The number of carbonyl (C=O) groups is 2. The zero-order valence-electron chi connectivity index (χ0n) is 10.7. The van der Waals surface area contributed by atoms with Crippen molar-refractivity contribution >= 4 is 17.9 Å². The molecule has 1 aromatic heterocycles. The molecule has 0 fully saturated rings. The van der Waals surface area contributed by atoms with Crippen LogP contribution in [0.2, 0.25) is 0 Å². The molecule has 120 valence electrons. The molecule has 0 saturated carbocycles. The van der Waals surface area contributed by atoms with Gasteiger partial charge in [-0.3, -0.25) is 4.79 Å². The largest absolute Gasteiger partial charge is 0.490 e. The van der Waals surface area contributed by atoms with Gasteiger partial charge in [-0.2, -0.15) is 13.2 Å². The van der Waals surface area contributed by atoms with E-state index in [0.717, 1.165) is 0 Å². The van der Waals surface area contributed by atoms with Crippen LogP contribution in [0.5, 0.6) is 0 Å². The van der Waals surface area contributed by atoms with Gasteiger partial charge in [-0.05, 0) is 12.8 Å². The van der Waals surface area contributed by atoms with Crippen molar-refractivity contribution in [2.75, 3.05) is 5.73 Å². The molecule has 8 nitrogen and oxygen atoms in total. The van der Waals surface area contributed by atoms with E-state index in [1.54, 1.807) is 17.0 Å². The molecule has 1 atom stereocenters. The van der Waals surface area contributed by atoms with Gasteiger partial charge >= 0.3 is 18.1 Å². The number of rotatable bonds is 5. The molecule has 0 aromatic carbocycles. The van der Waals surface area contributed by atoms with E-state index in [1.807, 2.05) is 0 Å². The summed E-state index contributed by atoms with van der Waals surface area (Å²) in [6, 6.07) is -0.792. The first kappa shape index (κ1) is 18.7. The van der Waals surface area contributed by atoms with Crippen LogP contribution in [0.1, 0.15) is 12.8 Å². The normalized spacial score (nSPS) is 12.2. The lowest BCUT2D eigenvalue weighted by atomic mass is 10.2. The van der Waals surface area contributed by atoms with Crippen molar-refractivity contribution in [3.8, 4) is 0 Å². The number of alkyl halides is 3. The minimum atomic E-state index is -5.08. The van der Waals surface area contributed by atoms with Crippen molar-refractivity contribution in [1.29, 1.82) is 0 Å². The number of nitrogen functional groups attached to an aromatic ring is 1. The van der Waals surface area contributed by atoms with Crippen LogP contribution in [0, 0.1) is 0 Å². The highest BCUT2D eigenvalue weighted by atomic mass is 19.4. The molecule has 0 saturated heterocycles. The van der Waals surface area contributed by atoms with Crippen molar-refractivity contribution in [3.05, 3.63) is 12.4 Å². The first-order valence-corrected chi connectivity index (χ1v) is 5.60. The first-order valence-electron chi connectivity index (χ1n) is 5.60. The number of imidazole rings is 1. The van der Waals surface area contributed by atoms with Crippen molar-refractivity contribution in [1.82, 2.24) is 9.55 Å². The van der Waals surface area contributed by atoms with Crippen LogP contribution in [-0.4, -0.2) is 43.9 Å². The molecule has 11 heteroatoms. The van der Waals surface area contributed by atoms with Crippen molar-refractivity contribution in [3.63, 3.8) is 0 Å². The summed E-state index contributed by atoms with van der Waals surface area (Å²) in [4.78, 5) is 23.1. The van der Waals surface area contributed by atoms with Gasteiger partial charge in [0.15, 0.2) is 5.95 Å². The third-order valence-corrected chi connectivity index (χ3v) is 2.22. The molecule has 0 unspecified atom stereocenters. The van der Waals surface area contributed by atoms with Crippen LogP contribution in [0.3, 0.4) is 0 Å². The van der Waals surface area contributed by atoms with Crippen molar-refractivity contribution in [2.45, 2.75) is 31.6 Å². The number of aliphatic carboxylic acids is 2. The van der Waals surface area contributed by atoms with E-state index in [-0.39, 0.29) is 0 Å². The van der Waals surface area contributed by atoms with Gasteiger partial charge in [0.1, 0.15) is 6.04 Å². The lowest BCUT2D eigenvalue weighted by molar-refractivity contribution is -0.192. The molecule has 0 aliphatic carbocycles. The molecule has 0 radical (unpaired) electrons. The van der Waals surface area contributed by atoms with E-state index in [4.69, 9.17) is 26.5 Å². The predicted octanol–water partition coefficient (Wildman–Crippen LogP) is 0.291. The van der Waals surface area contributed by atoms with E-state index in [2.05, 4.69) is 4.98 Å². The molecule has 1 aromatic rings. The zero-order chi connectivity index (χ0) is 16.6. The number of carboxylic acid groups (broad SMARTS) is 2. The van der Waals surface area contributed by atoms with Gasteiger partial charge in [0.05, 0.1) is 0 Å². The van der Waals surface area contributed by atoms with Gasteiger partial charge in [0.25, 0.3) is 0 Å². The Morgan fingerprint density at radius 3 is 2.24 bits per heavy atom. The molecule has 0 amide bonds. The quantitative estimate of drug-likeness (QED) is 0.611. The molecule has 1 heterocycles. The Hall–Kier alpha value is -2.30. The van der Waals surface area contributed by atoms with Crippen LogP contribution in [0.15, 0.2) is 12.4 Å². The van der Waals surface area contributed by atoms with Crippen molar-refractivity contribution in [2.24, 2.45) is 5.73 Å². The topological polar surface area (TPSA) is 144 Å². The molecule has 6 N–H and O–H groups in total. The summed E-state index contributed by atoms with van der Waals surface area (Å²) in [6.45, 7) is 0.646. The second kappa shape index (κ2) is 8.09. The number of nitrogens with two attached hydrogens (primary N) is 2. The predicted molar refractivity (Wildman–Crippen MR) is 65.2 cm³/mol. The van der Waals surface area contributed by atoms with Crippen LogP contribution >= 0.6 is 0 Å². The van der Waals surface area contributed by atoms with Crippen LogP contribution in [0.4, 0.5) is 19.1 Å². The summed E-state index contributed by atoms with van der Waals surface area (Å²) in [5.74, 6) is -3.29. The number of aromatic nitrogens is 2. The molecular weight excluding hydrogens is 297 g/mol.